The van der Waals surface area contributed by atoms with Crippen LogP contribution in [0.1, 0.15) is 29.8 Å². The number of benzene rings is 1. The minimum atomic E-state index is -1.47. The van der Waals surface area contributed by atoms with E-state index in [2.05, 4.69) is 10.3 Å². The SMILES string of the molecule is O=C(c1ncoc1-c1cccc(F)c1)N1C[C@H](F)[C@H](NC(=O)C2(O)CCC2)C1. The molecule has 0 radical (unpaired) electrons. The van der Waals surface area contributed by atoms with Crippen LogP contribution in [0.25, 0.3) is 11.3 Å². The van der Waals surface area contributed by atoms with Crippen molar-refractivity contribution in [2.24, 2.45) is 0 Å². The summed E-state index contributed by atoms with van der Waals surface area (Å²) in [6, 6.07) is 4.61. The van der Waals surface area contributed by atoms with Gasteiger partial charge in [0.15, 0.2) is 17.8 Å². The number of amides is 2. The Hall–Kier alpha value is -2.81. The van der Waals surface area contributed by atoms with Gasteiger partial charge in [-0.25, -0.2) is 13.8 Å². The second-order valence-electron chi connectivity index (χ2n) is 7.23. The van der Waals surface area contributed by atoms with Gasteiger partial charge in [-0.2, -0.15) is 0 Å². The third-order valence-corrected chi connectivity index (χ3v) is 5.31. The molecule has 2 fully saturated rings. The summed E-state index contributed by atoms with van der Waals surface area (Å²) in [5.41, 5.74) is -1.15. The van der Waals surface area contributed by atoms with Gasteiger partial charge < -0.3 is 19.7 Å². The Morgan fingerprint density at radius 3 is 2.79 bits per heavy atom. The molecule has 4 rings (SSSR count). The average Bonchev–Trinajstić information content (AvgIpc) is 3.26. The Balaban J connectivity index is 1.48. The Morgan fingerprint density at radius 1 is 1.32 bits per heavy atom. The molecule has 1 saturated carbocycles. The molecule has 0 bridgehead atoms. The molecule has 148 valence electrons. The number of carbonyl (C=O) groups excluding carboxylic acids is 2. The number of carbonyl (C=O) groups is 2. The van der Waals surface area contributed by atoms with E-state index in [4.69, 9.17) is 4.42 Å². The lowest BCUT2D eigenvalue weighted by molar-refractivity contribution is -0.149. The lowest BCUT2D eigenvalue weighted by Crippen LogP contribution is -2.56. The quantitative estimate of drug-likeness (QED) is 0.827. The van der Waals surface area contributed by atoms with Crippen LogP contribution in [0.5, 0.6) is 0 Å². The van der Waals surface area contributed by atoms with Crippen molar-refractivity contribution in [3.63, 3.8) is 0 Å². The molecule has 9 heteroatoms. The van der Waals surface area contributed by atoms with E-state index in [1.165, 1.54) is 23.1 Å². The van der Waals surface area contributed by atoms with Crippen molar-refractivity contribution in [1.82, 2.24) is 15.2 Å². The minimum Gasteiger partial charge on any atom is -0.443 e. The molecule has 2 N–H and O–H groups in total. The highest BCUT2D eigenvalue weighted by Crippen LogP contribution is 2.32. The zero-order valence-electron chi connectivity index (χ0n) is 14.9. The van der Waals surface area contributed by atoms with E-state index < -0.39 is 35.4 Å². The highest BCUT2D eigenvalue weighted by molar-refractivity contribution is 5.98. The number of aromatic nitrogens is 1. The summed E-state index contributed by atoms with van der Waals surface area (Å²) in [5, 5.41) is 12.6. The van der Waals surface area contributed by atoms with E-state index >= 15 is 0 Å². The molecule has 2 amide bonds. The lowest BCUT2D eigenvalue weighted by Gasteiger charge is -2.35. The van der Waals surface area contributed by atoms with Gasteiger partial charge in [-0.1, -0.05) is 12.1 Å². The summed E-state index contributed by atoms with van der Waals surface area (Å²) in [6.07, 6.45) is 1.04. The molecule has 2 heterocycles. The third-order valence-electron chi connectivity index (χ3n) is 5.31. The topological polar surface area (TPSA) is 95.7 Å². The fourth-order valence-electron chi connectivity index (χ4n) is 3.49. The lowest BCUT2D eigenvalue weighted by atomic mass is 9.79. The molecule has 2 aliphatic rings. The molecule has 1 aromatic carbocycles. The first-order valence-corrected chi connectivity index (χ1v) is 9.03. The minimum absolute atomic E-state index is 0.0533. The number of hydrogen-bond acceptors (Lipinski definition) is 5. The van der Waals surface area contributed by atoms with Gasteiger partial charge in [0.1, 0.15) is 17.6 Å². The molecule has 28 heavy (non-hydrogen) atoms. The van der Waals surface area contributed by atoms with Crippen LogP contribution >= 0.6 is 0 Å². The molecule has 0 spiro atoms. The predicted octanol–water partition coefficient (Wildman–Crippen LogP) is 1.67. The first-order chi connectivity index (χ1) is 13.4. The average molecular weight is 391 g/mol. The smallest absolute Gasteiger partial charge is 0.276 e. The van der Waals surface area contributed by atoms with Crippen molar-refractivity contribution in [3.05, 3.63) is 42.2 Å². The molecular formula is C19H19F2N3O4. The first kappa shape index (κ1) is 18.5. The molecule has 7 nitrogen and oxygen atoms in total. The van der Waals surface area contributed by atoms with Gasteiger partial charge >= 0.3 is 0 Å². The predicted molar refractivity (Wildman–Crippen MR) is 93.4 cm³/mol. The normalized spacial score (nSPS) is 23.3. The number of nitrogens with zero attached hydrogens (tertiary/aromatic N) is 2. The van der Waals surface area contributed by atoms with Gasteiger partial charge in [0, 0.05) is 12.1 Å². The number of rotatable bonds is 4. The standard InChI is InChI=1S/C19H19F2N3O4/c20-12-4-1-3-11(7-12)16-15(22-10-28-16)17(25)24-8-13(21)14(9-24)23-18(26)19(27)5-2-6-19/h1,3-4,7,10,13-14,27H,2,5-6,8-9H2,(H,23,26)/t13-,14+/m0/s1. The Bertz CT molecular complexity index is 912. The van der Waals surface area contributed by atoms with E-state index in [0.717, 1.165) is 12.8 Å². The number of nitrogens with one attached hydrogen (secondary N) is 1. The number of alkyl halides is 1. The fourth-order valence-corrected chi connectivity index (χ4v) is 3.49. The van der Waals surface area contributed by atoms with Gasteiger partial charge in [0.25, 0.3) is 11.8 Å². The maximum atomic E-state index is 14.4. The summed E-state index contributed by atoms with van der Waals surface area (Å²) in [6.45, 7) is -0.283. The van der Waals surface area contributed by atoms with Crippen LogP contribution in [-0.2, 0) is 4.79 Å². The van der Waals surface area contributed by atoms with Crippen molar-refractivity contribution >= 4 is 11.8 Å². The first-order valence-electron chi connectivity index (χ1n) is 9.03. The summed E-state index contributed by atoms with van der Waals surface area (Å²) in [5.74, 6) is -1.58. The van der Waals surface area contributed by atoms with Crippen LogP contribution in [0, 0.1) is 5.82 Å². The number of likely N-dealkylation sites (tertiary alicyclic amines) is 1. The summed E-state index contributed by atoms with van der Waals surface area (Å²) < 4.78 is 33.1. The number of hydrogen-bond donors (Lipinski definition) is 2. The number of halogens is 2. The van der Waals surface area contributed by atoms with E-state index in [9.17, 15) is 23.5 Å². The zero-order chi connectivity index (χ0) is 19.9. The Labute approximate surface area is 159 Å². The summed E-state index contributed by atoms with van der Waals surface area (Å²) in [4.78, 5) is 30.1. The zero-order valence-corrected chi connectivity index (χ0v) is 14.9. The van der Waals surface area contributed by atoms with Gasteiger partial charge in [0.05, 0.1) is 12.6 Å². The Morgan fingerprint density at radius 2 is 2.11 bits per heavy atom. The van der Waals surface area contributed by atoms with E-state index in [1.807, 2.05) is 0 Å². The van der Waals surface area contributed by atoms with Crippen molar-refractivity contribution < 1.29 is 27.9 Å². The van der Waals surface area contributed by atoms with Crippen molar-refractivity contribution in [2.75, 3.05) is 13.1 Å². The Kier molecular flexibility index (Phi) is 4.62. The van der Waals surface area contributed by atoms with Crippen LogP contribution in [0.15, 0.2) is 35.1 Å². The van der Waals surface area contributed by atoms with Crippen LogP contribution in [0.2, 0.25) is 0 Å². The highest BCUT2D eigenvalue weighted by Gasteiger charge is 2.45. The van der Waals surface area contributed by atoms with Crippen LogP contribution in [0.3, 0.4) is 0 Å². The van der Waals surface area contributed by atoms with Crippen LogP contribution in [-0.4, -0.2) is 57.7 Å². The van der Waals surface area contributed by atoms with Crippen molar-refractivity contribution in [2.45, 2.75) is 37.1 Å². The third kappa shape index (κ3) is 3.26. The van der Waals surface area contributed by atoms with Crippen LogP contribution in [0.4, 0.5) is 8.78 Å². The second kappa shape index (κ2) is 6.97. The molecule has 2 aromatic rings. The second-order valence-corrected chi connectivity index (χ2v) is 7.23. The largest absolute Gasteiger partial charge is 0.443 e. The maximum Gasteiger partial charge on any atom is 0.276 e. The molecule has 1 aromatic heterocycles. The fraction of sp³-hybridized carbons (Fsp3) is 0.421. The summed E-state index contributed by atoms with van der Waals surface area (Å²) in [7, 11) is 0. The van der Waals surface area contributed by atoms with Gasteiger partial charge in [0.2, 0.25) is 0 Å². The monoisotopic (exact) mass is 391 g/mol. The van der Waals surface area contributed by atoms with Gasteiger partial charge in [-0.3, -0.25) is 9.59 Å². The highest BCUT2D eigenvalue weighted by atomic mass is 19.1. The van der Waals surface area contributed by atoms with E-state index in [1.54, 1.807) is 6.07 Å². The summed E-state index contributed by atoms with van der Waals surface area (Å²) >= 11 is 0. The van der Waals surface area contributed by atoms with Crippen molar-refractivity contribution in [3.8, 4) is 11.3 Å². The van der Waals surface area contributed by atoms with Crippen LogP contribution < -0.4 is 5.32 Å². The maximum absolute atomic E-state index is 14.4. The number of aliphatic hydroxyl groups is 1. The van der Waals surface area contributed by atoms with Gasteiger partial charge in [-0.15, -0.1) is 0 Å². The van der Waals surface area contributed by atoms with Gasteiger partial charge in [-0.05, 0) is 31.4 Å². The molecular weight excluding hydrogens is 372 g/mol. The van der Waals surface area contributed by atoms with E-state index in [0.29, 0.717) is 18.4 Å². The molecule has 1 aliphatic carbocycles. The number of oxazole rings is 1. The molecule has 2 atom stereocenters. The molecule has 0 unspecified atom stereocenters. The molecule has 1 saturated heterocycles. The van der Waals surface area contributed by atoms with Crippen molar-refractivity contribution in [1.29, 1.82) is 0 Å². The molecule has 1 aliphatic heterocycles. The van der Waals surface area contributed by atoms with E-state index in [-0.39, 0.29) is 24.5 Å².